The van der Waals surface area contributed by atoms with Crippen molar-refractivity contribution in [1.82, 2.24) is 19.1 Å². The van der Waals surface area contributed by atoms with E-state index in [1.807, 2.05) is 50.2 Å². The Morgan fingerprint density at radius 1 is 1.10 bits per heavy atom. The van der Waals surface area contributed by atoms with Crippen LogP contribution in [0.5, 0.6) is 0 Å². The fourth-order valence-electron chi connectivity index (χ4n) is 4.52. The van der Waals surface area contributed by atoms with E-state index in [1.165, 1.54) is 14.0 Å². The normalized spacial score (nSPS) is 17.0. The fraction of sp³-hybridized carbons (Fsp3) is 0.333. The van der Waals surface area contributed by atoms with Gasteiger partial charge in [-0.3, -0.25) is 0 Å². The van der Waals surface area contributed by atoms with Crippen molar-refractivity contribution in [3.63, 3.8) is 0 Å². The number of hydrogen-bond donors (Lipinski definition) is 1. The van der Waals surface area contributed by atoms with Gasteiger partial charge in [0.1, 0.15) is 0 Å². The maximum absolute atomic E-state index is 13.2. The summed E-state index contributed by atoms with van der Waals surface area (Å²) >= 11 is 6.16. The van der Waals surface area contributed by atoms with Crippen LogP contribution < -0.4 is 5.73 Å². The Bertz CT molecular complexity index is 1490. The topological polar surface area (TPSA) is 122 Å². The number of aromatic nitrogens is 2. The number of benzene rings is 2. The van der Waals surface area contributed by atoms with E-state index in [9.17, 15) is 8.42 Å². The highest BCUT2D eigenvalue weighted by molar-refractivity contribution is 7.87. The molecule has 12 heteroatoms. The average Bonchev–Trinajstić information content (AvgIpc) is 3.27. The van der Waals surface area contributed by atoms with Crippen LogP contribution in [0.15, 0.2) is 75.2 Å². The Labute approximate surface area is 234 Å². The molecule has 0 bridgehead atoms. The predicted octanol–water partition coefficient (Wildman–Crippen LogP) is 4.15. The zero-order valence-electron chi connectivity index (χ0n) is 22.5. The van der Waals surface area contributed by atoms with Gasteiger partial charge in [0.15, 0.2) is 0 Å². The monoisotopic (exact) mass is 568 g/mol. The first-order valence-electron chi connectivity index (χ1n) is 12.8. The minimum absolute atomic E-state index is 0.0116. The minimum Gasteiger partial charge on any atom is -0.368 e. The van der Waals surface area contributed by atoms with Gasteiger partial charge in [-0.2, -0.15) is 27.9 Å². The van der Waals surface area contributed by atoms with Crippen LogP contribution in [0, 0.1) is 13.8 Å². The molecular weight excluding hydrogens is 536 g/mol. The molecule has 0 amide bonds. The summed E-state index contributed by atoms with van der Waals surface area (Å²) < 4.78 is 33.3. The van der Waals surface area contributed by atoms with Gasteiger partial charge in [0.2, 0.25) is 5.96 Å². The standard InChI is InChI=1S/C27H33ClN8O2S/c1-5-34(6-2)39(37,38)33-27(30-26(29)36-20(4)18-19(3)31-36)35-17-16-24(21-10-8-7-9-11-21)25(32-35)22-12-14-23(28)15-13-22/h7-15,18,24H,5-6,16-17H2,1-4H3,(H2,29,30,33). The second-order valence-corrected chi connectivity index (χ2v) is 11.2. The zero-order chi connectivity index (χ0) is 28.2. The van der Waals surface area contributed by atoms with Crippen molar-refractivity contribution in [2.45, 2.75) is 40.0 Å². The van der Waals surface area contributed by atoms with Crippen molar-refractivity contribution in [2.75, 3.05) is 19.6 Å². The highest BCUT2D eigenvalue weighted by atomic mass is 35.5. The second-order valence-electron chi connectivity index (χ2n) is 9.13. The van der Waals surface area contributed by atoms with Crippen LogP contribution in [0.25, 0.3) is 0 Å². The van der Waals surface area contributed by atoms with Crippen LogP contribution in [0.4, 0.5) is 0 Å². The minimum atomic E-state index is -4.06. The molecule has 2 heterocycles. The summed E-state index contributed by atoms with van der Waals surface area (Å²) in [6.07, 6.45) is 0.644. The number of guanidine groups is 1. The molecule has 4 rings (SSSR count). The lowest BCUT2D eigenvalue weighted by Gasteiger charge is -2.31. The quantitative estimate of drug-likeness (QED) is 0.353. The summed E-state index contributed by atoms with van der Waals surface area (Å²) in [5.41, 5.74) is 10.6. The number of rotatable bonds is 6. The van der Waals surface area contributed by atoms with Gasteiger partial charge in [0.05, 0.1) is 11.4 Å². The van der Waals surface area contributed by atoms with E-state index in [2.05, 4.69) is 26.6 Å². The van der Waals surface area contributed by atoms with Crippen molar-refractivity contribution >= 4 is 39.4 Å². The Hall–Kier alpha value is -3.54. The Balaban J connectivity index is 1.87. The molecule has 2 aromatic carbocycles. The number of nitrogens with zero attached hydrogens (tertiary/aromatic N) is 7. The lowest BCUT2D eigenvalue weighted by Crippen LogP contribution is -2.39. The van der Waals surface area contributed by atoms with Crippen molar-refractivity contribution < 1.29 is 8.42 Å². The number of aliphatic imine (C=N–C) groups is 1. The SMILES string of the molecule is CCN(CC)S(=O)(=O)/N=C(\N=C(/N)n1nc(C)cc1C)N1CCC(c2ccccc2)C(c2ccc(Cl)cc2)=N1. The molecule has 3 aromatic rings. The van der Waals surface area contributed by atoms with E-state index in [0.717, 1.165) is 28.2 Å². The van der Waals surface area contributed by atoms with Crippen molar-refractivity contribution in [3.8, 4) is 0 Å². The maximum Gasteiger partial charge on any atom is 0.325 e. The lowest BCUT2D eigenvalue weighted by atomic mass is 9.86. The van der Waals surface area contributed by atoms with Crippen LogP contribution in [0.2, 0.25) is 5.02 Å². The largest absolute Gasteiger partial charge is 0.368 e. The molecule has 10 nitrogen and oxygen atoms in total. The number of hydrazone groups is 1. The van der Waals surface area contributed by atoms with Gasteiger partial charge in [-0.1, -0.05) is 67.9 Å². The molecule has 0 spiro atoms. The maximum atomic E-state index is 13.2. The summed E-state index contributed by atoms with van der Waals surface area (Å²) in [5, 5.41) is 11.4. The summed E-state index contributed by atoms with van der Waals surface area (Å²) in [4.78, 5) is 4.46. The molecular formula is C27H33ClN8O2S. The molecule has 0 saturated heterocycles. The summed E-state index contributed by atoms with van der Waals surface area (Å²) in [6, 6.07) is 19.3. The van der Waals surface area contributed by atoms with E-state index in [-0.39, 0.29) is 30.9 Å². The Morgan fingerprint density at radius 3 is 2.36 bits per heavy atom. The van der Waals surface area contributed by atoms with Crippen molar-refractivity contribution in [1.29, 1.82) is 0 Å². The molecule has 1 aliphatic heterocycles. The highest BCUT2D eigenvalue weighted by Crippen LogP contribution is 2.30. The van der Waals surface area contributed by atoms with Crippen LogP contribution in [0.1, 0.15) is 48.7 Å². The predicted molar refractivity (Wildman–Crippen MR) is 156 cm³/mol. The summed E-state index contributed by atoms with van der Waals surface area (Å²) in [5.74, 6) is -0.172. The first kappa shape index (κ1) is 28.5. The Kier molecular flexibility index (Phi) is 8.83. The van der Waals surface area contributed by atoms with E-state index in [4.69, 9.17) is 22.4 Å². The zero-order valence-corrected chi connectivity index (χ0v) is 24.1. The summed E-state index contributed by atoms with van der Waals surface area (Å²) in [7, 11) is -4.06. The molecule has 1 unspecified atom stereocenters. The molecule has 0 fully saturated rings. The van der Waals surface area contributed by atoms with E-state index in [0.29, 0.717) is 18.0 Å². The van der Waals surface area contributed by atoms with Gasteiger partial charge >= 0.3 is 10.2 Å². The third kappa shape index (κ3) is 6.55. The third-order valence-electron chi connectivity index (χ3n) is 6.43. The molecule has 0 aliphatic carbocycles. The molecule has 2 N–H and O–H groups in total. The summed E-state index contributed by atoms with van der Waals surface area (Å²) in [6.45, 7) is 8.10. The van der Waals surface area contributed by atoms with Gasteiger partial charge in [-0.05, 0) is 49.6 Å². The molecule has 206 valence electrons. The van der Waals surface area contributed by atoms with Crippen LogP contribution in [0.3, 0.4) is 0 Å². The van der Waals surface area contributed by atoms with Crippen molar-refractivity contribution in [3.05, 3.63) is 88.2 Å². The van der Waals surface area contributed by atoms with E-state index >= 15 is 0 Å². The first-order valence-corrected chi connectivity index (χ1v) is 14.5. The molecule has 0 saturated carbocycles. The smallest absolute Gasteiger partial charge is 0.325 e. The number of hydrogen-bond acceptors (Lipinski definition) is 4. The van der Waals surface area contributed by atoms with Gasteiger partial charge < -0.3 is 5.73 Å². The molecule has 39 heavy (non-hydrogen) atoms. The Morgan fingerprint density at radius 2 is 1.77 bits per heavy atom. The van der Waals surface area contributed by atoms with Gasteiger partial charge in [0, 0.05) is 36.3 Å². The molecule has 1 atom stereocenters. The van der Waals surface area contributed by atoms with Crippen molar-refractivity contribution in [2.24, 2.45) is 20.2 Å². The molecule has 1 aliphatic rings. The van der Waals surface area contributed by atoms with Crippen LogP contribution in [-0.2, 0) is 10.2 Å². The third-order valence-corrected chi connectivity index (χ3v) is 8.25. The van der Waals surface area contributed by atoms with E-state index < -0.39 is 10.2 Å². The lowest BCUT2D eigenvalue weighted by molar-refractivity contribution is 0.398. The molecule has 1 aromatic heterocycles. The fourth-order valence-corrected chi connectivity index (χ4v) is 5.75. The second kappa shape index (κ2) is 12.1. The molecule has 0 radical (unpaired) electrons. The first-order chi connectivity index (χ1) is 18.6. The van der Waals surface area contributed by atoms with Crippen LogP contribution >= 0.6 is 11.6 Å². The van der Waals surface area contributed by atoms with Gasteiger partial charge in [-0.25, -0.2) is 9.69 Å². The number of halogens is 1. The number of aryl methyl sites for hydroxylation is 2. The van der Waals surface area contributed by atoms with Gasteiger partial charge in [-0.15, -0.1) is 4.40 Å². The van der Waals surface area contributed by atoms with E-state index in [1.54, 1.807) is 26.0 Å². The highest BCUT2D eigenvalue weighted by Gasteiger charge is 2.30. The van der Waals surface area contributed by atoms with Crippen LogP contribution in [-0.4, -0.2) is 64.8 Å². The van der Waals surface area contributed by atoms with Gasteiger partial charge in [0.25, 0.3) is 5.96 Å². The average molecular weight is 569 g/mol. The number of nitrogens with two attached hydrogens (primary N) is 1.